The Bertz CT molecular complexity index is 740. The second-order valence-corrected chi connectivity index (χ2v) is 9.48. The molecule has 4 rings (SSSR count). The fourth-order valence-corrected chi connectivity index (χ4v) is 5.85. The minimum Gasteiger partial charge on any atom is -0.472 e. The maximum absolute atomic E-state index is 6.08. The highest BCUT2D eigenvalue weighted by Gasteiger charge is 2.52. The Morgan fingerprint density at radius 3 is 2.81 bits per heavy atom. The molecule has 1 aromatic rings. The Morgan fingerprint density at radius 1 is 1.26 bits per heavy atom. The number of allylic oxidation sites excluding steroid dienone is 2. The SMILES string of the molecule is C=C1CCC[C@@H]2[C@@](C)(/C=C\C3=CC[C@H](c4ccoc4)OC3)[C@@H](C)CC[C@@]12C. The predicted octanol–water partition coefficient (Wildman–Crippen LogP) is 7.02. The Hall–Kier alpha value is -1.54. The van der Waals surface area contributed by atoms with E-state index in [4.69, 9.17) is 9.15 Å². The lowest BCUT2D eigenvalue weighted by Gasteiger charge is -2.57. The summed E-state index contributed by atoms with van der Waals surface area (Å²) in [7, 11) is 0. The summed E-state index contributed by atoms with van der Waals surface area (Å²) in [6.45, 7) is 12.6. The van der Waals surface area contributed by atoms with Gasteiger partial charge in [0.25, 0.3) is 0 Å². The number of furan rings is 1. The molecule has 0 aromatic carbocycles. The Morgan fingerprint density at radius 2 is 2.11 bits per heavy atom. The van der Waals surface area contributed by atoms with Crippen LogP contribution in [-0.4, -0.2) is 6.61 Å². The third-order valence-electron chi connectivity index (χ3n) is 8.07. The highest BCUT2D eigenvalue weighted by atomic mass is 16.5. The van der Waals surface area contributed by atoms with E-state index in [0.717, 1.165) is 12.0 Å². The topological polar surface area (TPSA) is 22.4 Å². The summed E-state index contributed by atoms with van der Waals surface area (Å²) in [6.07, 6.45) is 18.2. The highest BCUT2D eigenvalue weighted by molar-refractivity contribution is 5.28. The number of hydrogen-bond donors (Lipinski definition) is 0. The molecule has 2 aliphatic carbocycles. The van der Waals surface area contributed by atoms with Crippen molar-refractivity contribution < 1.29 is 9.15 Å². The van der Waals surface area contributed by atoms with Gasteiger partial charge in [-0.25, -0.2) is 0 Å². The van der Waals surface area contributed by atoms with Gasteiger partial charge in [-0.05, 0) is 72.8 Å². The molecule has 0 N–H and O–H groups in total. The molecule has 0 saturated heterocycles. The van der Waals surface area contributed by atoms with E-state index in [1.807, 2.05) is 6.07 Å². The third-order valence-corrected chi connectivity index (χ3v) is 8.07. The monoisotopic (exact) mass is 366 g/mol. The van der Waals surface area contributed by atoms with Crippen molar-refractivity contribution in [2.24, 2.45) is 22.7 Å². The molecule has 0 unspecified atom stereocenters. The van der Waals surface area contributed by atoms with Crippen LogP contribution in [0.3, 0.4) is 0 Å². The number of fused-ring (bicyclic) bond motifs is 1. The zero-order valence-corrected chi connectivity index (χ0v) is 17.2. The fourth-order valence-electron chi connectivity index (χ4n) is 5.85. The molecule has 0 radical (unpaired) electrons. The van der Waals surface area contributed by atoms with Gasteiger partial charge in [-0.3, -0.25) is 0 Å². The number of rotatable bonds is 3. The molecular formula is C25H34O2. The first-order valence-corrected chi connectivity index (χ1v) is 10.6. The molecule has 2 saturated carbocycles. The quantitative estimate of drug-likeness (QED) is 0.536. The smallest absolute Gasteiger partial charge is 0.0960 e. The summed E-state index contributed by atoms with van der Waals surface area (Å²) in [4.78, 5) is 0. The van der Waals surface area contributed by atoms with Crippen molar-refractivity contribution in [3.63, 3.8) is 0 Å². The minimum absolute atomic E-state index is 0.134. The van der Waals surface area contributed by atoms with E-state index in [9.17, 15) is 0 Å². The number of ether oxygens (including phenoxy) is 1. The van der Waals surface area contributed by atoms with Crippen LogP contribution in [0.1, 0.15) is 71.0 Å². The van der Waals surface area contributed by atoms with Crippen LogP contribution in [-0.2, 0) is 4.74 Å². The second kappa shape index (κ2) is 7.13. The molecule has 1 aromatic heterocycles. The van der Waals surface area contributed by atoms with Crippen LogP contribution in [0, 0.1) is 22.7 Å². The van der Waals surface area contributed by atoms with Crippen LogP contribution < -0.4 is 0 Å². The van der Waals surface area contributed by atoms with Gasteiger partial charge in [0.05, 0.1) is 25.2 Å². The second-order valence-electron chi connectivity index (χ2n) is 9.48. The van der Waals surface area contributed by atoms with Crippen LogP contribution >= 0.6 is 0 Å². The summed E-state index contributed by atoms with van der Waals surface area (Å²) >= 11 is 0. The van der Waals surface area contributed by atoms with Gasteiger partial charge in [0.1, 0.15) is 0 Å². The summed E-state index contributed by atoms with van der Waals surface area (Å²) in [6, 6.07) is 2.00. The molecule has 3 aliphatic rings. The Labute approximate surface area is 164 Å². The van der Waals surface area contributed by atoms with Crippen LogP contribution in [0.5, 0.6) is 0 Å². The van der Waals surface area contributed by atoms with Crippen molar-refractivity contribution in [2.75, 3.05) is 6.61 Å². The van der Waals surface area contributed by atoms with Crippen LogP contribution in [0.15, 0.2) is 59.0 Å². The zero-order chi connectivity index (χ0) is 19.1. The van der Waals surface area contributed by atoms with Gasteiger partial charge in [-0.15, -0.1) is 0 Å². The molecular weight excluding hydrogens is 332 g/mol. The molecule has 2 fully saturated rings. The van der Waals surface area contributed by atoms with E-state index < -0.39 is 0 Å². The largest absolute Gasteiger partial charge is 0.472 e. The molecule has 2 heterocycles. The van der Waals surface area contributed by atoms with Gasteiger partial charge in [-0.1, -0.05) is 51.2 Å². The first-order valence-electron chi connectivity index (χ1n) is 10.6. The Balaban J connectivity index is 1.52. The number of hydrogen-bond acceptors (Lipinski definition) is 2. The average molecular weight is 367 g/mol. The summed E-state index contributed by atoms with van der Waals surface area (Å²) in [5, 5.41) is 0. The lowest BCUT2D eigenvalue weighted by Crippen LogP contribution is -2.49. The van der Waals surface area contributed by atoms with E-state index in [0.29, 0.717) is 23.9 Å². The van der Waals surface area contributed by atoms with E-state index in [1.54, 1.807) is 12.5 Å². The van der Waals surface area contributed by atoms with Crippen molar-refractivity contribution in [3.05, 3.63) is 60.1 Å². The predicted molar refractivity (Wildman–Crippen MR) is 110 cm³/mol. The first kappa shape index (κ1) is 18.8. The van der Waals surface area contributed by atoms with E-state index >= 15 is 0 Å². The highest BCUT2D eigenvalue weighted by Crippen LogP contribution is 2.61. The maximum atomic E-state index is 6.08. The molecule has 1 aliphatic heterocycles. The molecule has 27 heavy (non-hydrogen) atoms. The van der Waals surface area contributed by atoms with Crippen molar-refractivity contribution in [1.29, 1.82) is 0 Å². The normalized spacial score (nSPS) is 40.0. The molecule has 0 spiro atoms. The molecule has 0 amide bonds. The third kappa shape index (κ3) is 3.27. The lowest BCUT2D eigenvalue weighted by atomic mass is 9.47. The van der Waals surface area contributed by atoms with Crippen molar-refractivity contribution in [3.8, 4) is 0 Å². The standard InChI is InChI=1S/C25H34O2/c1-18-6-5-7-23-24(18,3)13-10-19(2)25(23,4)14-11-20-8-9-22(27-16-20)21-12-15-26-17-21/h8,11-12,14-15,17,19,22-23H,1,5-7,9-10,13,16H2,2-4H3/b14-11-/t19-,22+,23-,24-,25-/m0/s1. The van der Waals surface area contributed by atoms with Crippen LogP contribution in [0.25, 0.3) is 0 Å². The molecule has 2 nitrogen and oxygen atoms in total. The van der Waals surface area contributed by atoms with E-state index in [-0.39, 0.29) is 11.5 Å². The molecule has 2 heteroatoms. The van der Waals surface area contributed by atoms with Crippen molar-refractivity contribution >= 4 is 0 Å². The van der Waals surface area contributed by atoms with E-state index in [2.05, 4.69) is 45.6 Å². The lowest BCUT2D eigenvalue weighted by molar-refractivity contribution is -0.0163. The summed E-state index contributed by atoms with van der Waals surface area (Å²) < 4.78 is 11.3. The van der Waals surface area contributed by atoms with E-state index in [1.165, 1.54) is 43.3 Å². The zero-order valence-electron chi connectivity index (χ0n) is 17.2. The fraction of sp³-hybridized carbons (Fsp3) is 0.600. The van der Waals surface area contributed by atoms with Gasteiger partial charge < -0.3 is 9.15 Å². The van der Waals surface area contributed by atoms with Gasteiger partial charge in [-0.2, -0.15) is 0 Å². The van der Waals surface area contributed by atoms with Crippen molar-refractivity contribution in [1.82, 2.24) is 0 Å². The molecule has 146 valence electrons. The average Bonchev–Trinajstić information content (AvgIpc) is 3.21. The van der Waals surface area contributed by atoms with Crippen LogP contribution in [0.2, 0.25) is 0 Å². The van der Waals surface area contributed by atoms with Gasteiger partial charge in [0, 0.05) is 5.56 Å². The summed E-state index contributed by atoms with van der Waals surface area (Å²) in [5.74, 6) is 1.41. The van der Waals surface area contributed by atoms with Crippen molar-refractivity contribution in [2.45, 2.75) is 65.4 Å². The molecule has 5 atom stereocenters. The van der Waals surface area contributed by atoms with Gasteiger partial charge in [0.2, 0.25) is 0 Å². The first-order chi connectivity index (χ1) is 12.9. The Kier molecular flexibility index (Phi) is 4.96. The van der Waals surface area contributed by atoms with Gasteiger partial charge in [0.15, 0.2) is 0 Å². The summed E-state index contributed by atoms with van der Waals surface area (Å²) in [5.41, 5.74) is 4.49. The van der Waals surface area contributed by atoms with Crippen LogP contribution in [0.4, 0.5) is 0 Å². The minimum atomic E-state index is 0.134. The molecule has 0 bridgehead atoms. The maximum Gasteiger partial charge on any atom is 0.0960 e. The van der Waals surface area contributed by atoms with Gasteiger partial charge >= 0.3 is 0 Å².